The number of nitrogens with zero attached hydrogens (tertiary/aromatic N) is 1. The third-order valence-corrected chi connectivity index (χ3v) is 2.90. The molecule has 1 unspecified atom stereocenters. The lowest BCUT2D eigenvalue weighted by Crippen LogP contribution is -2.35. The molecule has 6 N–H and O–H groups in total. The van der Waals surface area contributed by atoms with Crippen molar-refractivity contribution in [2.45, 2.75) is 18.9 Å². The molecule has 0 spiro atoms. The number of nitrogens with one attached hydrogen (secondary N) is 1. The number of carbonyl (C=O) groups is 3. The molecule has 0 radical (unpaired) electrons. The molecule has 0 aliphatic carbocycles. The Balaban J connectivity index is 2.41. The van der Waals surface area contributed by atoms with Gasteiger partial charge >= 0.3 is 11.9 Å². The molecule has 1 aromatic rings. The number of amides is 1. The van der Waals surface area contributed by atoms with E-state index in [0.717, 1.165) is 0 Å². The number of nitrogens with two attached hydrogens (primary N) is 2. The quantitative estimate of drug-likeness (QED) is 0.204. The minimum absolute atomic E-state index is 0.0600. The summed E-state index contributed by atoms with van der Waals surface area (Å²) in [6.45, 7) is -0.195. The van der Waals surface area contributed by atoms with Crippen LogP contribution in [0.1, 0.15) is 23.2 Å². The summed E-state index contributed by atoms with van der Waals surface area (Å²) in [5.41, 5.74) is 10.7. The molecular formula is C15H20N4O5. The van der Waals surface area contributed by atoms with Crippen LogP contribution in [0.15, 0.2) is 35.3 Å². The highest BCUT2D eigenvalue weighted by Crippen LogP contribution is 2.04. The van der Waals surface area contributed by atoms with Crippen LogP contribution in [0.4, 0.5) is 0 Å². The molecule has 0 aliphatic heterocycles. The van der Waals surface area contributed by atoms with Gasteiger partial charge in [-0.1, -0.05) is 18.2 Å². The van der Waals surface area contributed by atoms with E-state index < -0.39 is 30.5 Å². The molecule has 130 valence electrons. The molecule has 1 atom stereocenters. The molecule has 0 aliphatic rings. The fraction of sp³-hybridized carbons (Fsp3) is 0.333. The lowest BCUT2D eigenvalue weighted by Gasteiger charge is -2.13. The maximum atomic E-state index is 11.8. The van der Waals surface area contributed by atoms with Crippen LogP contribution < -0.4 is 16.8 Å². The molecule has 1 aromatic carbocycles. The monoisotopic (exact) mass is 336 g/mol. The number of ether oxygens (including phenoxy) is 1. The molecule has 0 bridgehead atoms. The maximum Gasteiger partial charge on any atom is 0.345 e. The summed E-state index contributed by atoms with van der Waals surface area (Å²) in [4.78, 5) is 38.2. The largest absolute Gasteiger partial charge is 0.479 e. The second kappa shape index (κ2) is 9.82. The molecule has 9 heteroatoms. The van der Waals surface area contributed by atoms with Crippen LogP contribution in [0.25, 0.3) is 0 Å². The van der Waals surface area contributed by atoms with Crippen molar-refractivity contribution in [1.29, 1.82) is 0 Å². The van der Waals surface area contributed by atoms with Crippen LogP contribution in [0.5, 0.6) is 0 Å². The van der Waals surface area contributed by atoms with E-state index in [9.17, 15) is 14.4 Å². The van der Waals surface area contributed by atoms with Gasteiger partial charge in [0.15, 0.2) is 12.1 Å². The lowest BCUT2D eigenvalue weighted by atomic mass is 10.2. The first kappa shape index (κ1) is 18.9. The Labute approximate surface area is 138 Å². The summed E-state index contributed by atoms with van der Waals surface area (Å²) >= 11 is 0. The minimum atomic E-state index is -1.32. The summed E-state index contributed by atoms with van der Waals surface area (Å²) < 4.78 is 4.84. The number of carbonyl (C=O) groups excluding carboxylic acids is 2. The number of hydrogen-bond acceptors (Lipinski definition) is 5. The first-order valence-electron chi connectivity index (χ1n) is 7.21. The number of aliphatic imine (C=N–C) groups is 1. The molecule has 0 fully saturated rings. The Bertz CT molecular complexity index is 599. The normalized spacial score (nSPS) is 11.2. The van der Waals surface area contributed by atoms with Gasteiger partial charge in [-0.3, -0.25) is 14.6 Å². The molecule has 9 nitrogen and oxygen atoms in total. The Hall–Kier alpha value is -3.10. The summed E-state index contributed by atoms with van der Waals surface area (Å²) in [5, 5.41) is 11.4. The standard InChI is InChI=1S/C15H20N4O5/c16-15(17)18-8-4-7-11(14(22)23)24-12(20)9-19-13(21)10-5-2-1-3-6-10/h1-3,5-6,11H,4,7-9H2,(H,19,21)(H,22,23)(H4,16,17,18). The van der Waals surface area contributed by atoms with Crippen LogP contribution in [0.3, 0.4) is 0 Å². The highest BCUT2D eigenvalue weighted by Gasteiger charge is 2.22. The van der Waals surface area contributed by atoms with E-state index in [-0.39, 0.29) is 18.9 Å². The zero-order chi connectivity index (χ0) is 17.9. The van der Waals surface area contributed by atoms with E-state index in [0.29, 0.717) is 12.0 Å². The van der Waals surface area contributed by atoms with Crippen LogP contribution in [0.2, 0.25) is 0 Å². The van der Waals surface area contributed by atoms with Gasteiger partial charge in [-0.25, -0.2) is 4.79 Å². The number of rotatable bonds is 9. The third-order valence-electron chi connectivity index (χ3n) is 2.90. The first-order valence-corrected chi connectivity index (χ1v) is 7.21. The highest BCUT2D eigenvalue weighted by atomic mass is 16.6. The molecule has 1 rings (SSSR count). The highest BCUT2D eigenvalue weighted by molar-refractivity contribution is 5.96. The van der Waals surface area contributed by atoms with Crippen molar-refractivity contribution in [2.24, 2.45) is 16.5 Å². The second-order valence-electron chi connectivity index (χ2n) is 4.81. The first-order chi connectivity index (χ1) is 11.4. The van der Waals surface area contributed by atoms with Crippen molar-refractivity contribution in [1.82, 2.24) is 5.32 Å². The summed E-state index contributed by atoms with van der Waals surface area (Å²) in [7, 11) is 0. The second-order valence-corrected chi connectivity index (χ2v) is 4.81. The smallest absolute Gasteiger partial charge is 0.345 e. The Morgan fingerprint density at radius 2 is 1.88 bits per heavy atom. The van der Waals surface area contributed by atoms with Crippen molar-refractivity contribution < 1.29 is 24.2 Å². The molecule has 0 saturated carbocycles. The predicted octanol–water partition coefficient (Wildman–Crippen LogP) is -0.534. The number of guanidine groups is 1. The van der Waals surface area contributed by atoms with E-state index in [1.54, 1.807) is 30.3 Å². The van der Waals surface area contributed by atoms with Crippen LogP contribution >= 0.6 is 0 Å². The van der Waals surface area contributed by atoms with Crippen molar-refractivity contribution in [2.75, 3.05) is 13.1 Å². The number of benzene rings is 1. The molecule has 1 amide bonds. The maximum absolute atomic E-state index is 11.8. The van der Waals surface area contributed by atoms with Gasteiger partial charge in [-0.05, 0) is 25.0 Å². The van der Waals surface area contributed by atoms with Gasteiger partial charge < -0.3 is 26.6 Å². The number of carboxylic acids is 1. The van der Waals surface area contributed by atoms with Crippen molar-refractivity contribution in [3.8, 4) is 0 Å². The lowest BCUT2D eigenvalue weighted by molar-refractivity contribution is -0.163. The Morgan fingerprint density at radius 1 is 1.21 bits per heavy atom. The van der Waals surface area contributed by atoms with E-state index in [2.05, 4.69) is 10.3 Å². The van der Waals surface area contributed by atoms with Crippen molar-refractivity contribution in [3.05, 3.63) is 35.9 Å². The van der Waals surface area contributed by atoms with Crippen molar-refractivity contribution >= 4 is 23.8 Å². The van der Waals surface area contributed by atoms with Gasteiger partial charge in [0.05, 0.1) is 0 Å². The number of carboxylic acid groups (broad SMARTS) is 1. The van der Waals surface area contributed by atoms with E-state index in [1.165, 1.54) is 0 Å². The Kier molecular flexibility index (Phi) is 7.76. The van der Waals surface area contributed by atoms with Crippen molar-refractivity contribution in [3.63, 3.8) is 0 Å². The molecule has 0 heterocycles. The van der Waals surface area contributed by atoms with E-state index in [4.69, 9.17) is 21.3 Å². The zero-order valence-electron chi connectivity index (χ0n) is 13.0. The zero-order valence-corrected chi connectivity index (χ0v) is 13.0. The molecular weight excluding hydrogens is 316 g/mol. The molecule has 0 aromatic heterocycles. The van der Waals surface area contributed by atoms with Gasteiger partial charge in [0.2, 0.25) is 0 Å². The SMILES string of the molecule is NC(N)=NCCCC(OC(=O)CNC(=O)c1ccccc1)C(=O)O. The van der Waals surface area contributed by atoms with E-state index >= 15 is 0 Å². The molecule has 24 heavy (non-hydrogen) atoms. The molecule has 0 saturated heterocycles. The number of aliphatic carboxylic acids is 1. The van der Waals surface area contributed by atoms with Gasteiger partial charge in [-0.2, -0.15) is 0 Å². The third kappa shape index (κ3) is 7.25. The fourth-order valence-electron chi connectivity index (χ4n) is 1.76. The van der Waals surface area contributed by atoms with E-state index in [1.807, 2.05) is 0 Å². The van der Waals surface area contributed by atoms with Crippen LogP contribution in [-0.2, 0) is 14.3 Å². The summed E-state index contributed by atoms with van der Waals surface area (Å²) in [6.07, 6.45) is -0.927. The summed E-state index contributed by atoms with van der Waals surface area (Å²) in [6, 6.07) is 8.30. The van der Waals surface area contributed by atoms with Crippen LogP contribution in [-0.4, -0.2) is 48.1 Å². The van der Waals surface area contributed by atoms with Crippen LogP contribution in [0, 0.1) is 0 Å². The van der Waals surface area contributed by atoms with Gasteiger partial charge in [0.1, 0.15) is 6.54 Å². The minimum Gasteiger partial charge on any atom is -0.479 e. The van der Waals surface area contributed by atoms with Gasteiger partial charge in [-0.15, -0.1) is 0 Å². The topological polar surface area (TPSA) is 157 Å². The average Bonchev–Trinajstić information content (AvgIpc) is 2.55. The number of esters is 1. The van der Waals surface area contributed by atoms with Gasteiger partial charge in [0, 0.05) is 12.1 Å². The fourth-order valence-corrected chi connectivity index (χ4v) is 1.76. The predicted molar refractivity (Wildman–Crippen MR) is 86.2 cm³/mol. The average molecular weight is 336 g/mol. The summed E-state index contributed by atoms with van der Waals surface area (Å²) in [5.74, 6) is -2.66. The number of hydrogen-bond donors (Lipinski definition) is 4. The Morgan fingerprint density at radius 3 is 2.46 bits per heavy atom. The van der Waals surface area contributed by atoms with Gasteiger partial charge in [0.25, 0.3) is 5.91 Å².